The lowest BCUT2D eigenvalue weighted by molar-refractivity contribution is -0.136. The Morgan fingerprint density at radius 2 is 2.26 bits per heavy atom. The van der Waals surface area contributed by atoms with E-state index in [9.17, 15) is 4.79 Å². The average molecular weight is 313 g/mol. The van der Waals surface area contributed by atoms with Crippen molar-refractivity contribution in [1.29, 1.82) is 0 Å². The zero-order chi connectivity index (χ0) is 15.8. The summed E-state index contributed by atoms with van der Waals surface area (Å²) in [5, 5.41) is 8.53. The summed E-state index contributed by atoms with van der Waals surface area (Å²) < 4.78 is 3.76. The molecule has 0 N–H and O–H groups in total. The highest BCUT2D eigenvalue weighted by Gasteiger charge is 2.47. The number of carbonyl (C=O) groups excluding carboxylic acids is 1. The molecule has 6 heteroatoms. The molecule has 1 saturated carbocycles. The Balaban J connectivity index is 1.44. The fraction of sp³-hybridized carbons (Fsp3) is 0.588. The zero-order valence-electron chi connectivity index (χ0n) is 13.5. The van der Waals surface area contributed by atoms with Crippen LogP contribution in [-0.2, 0) is 18.4 Å². The Hall–Kier alpha value is -2.11. The number of nitrogens with zero attached hydrogens (tertiary/aromatic N) is 5. The SMILES string of the molecule is Cn1cc([C@@H]2C[C@H]2C(=O)N2CCCC[C@@H]2Cn2cccn2)cn1. The third-order valence-corrected chi connectivity index (χ3v) is 5.13. The maximum atomic E-state index is 13.0. The van der Waals surface area contributed by atoms with Gasteiger partial charge in [0.25, 0.3) is 0 Å². The number of aryl methyl sites for hydroxylation is 1. The number of carbonyl (C=O) groups is 1. The number of amides is 1. The fourth-order valence-electron chi connectivity index (χ4n) is 3.79. The fourth-order valence-corrected chi connectivity index (χ4v) is 3.79. The van der Waals surface area contributed by atoms with E-state index in [1.54, 1.807) is 6.20 Å². The van der Waals surface area contributed by atoms with Crippen LogP contribution >= 0.6 is 0 Å². The van der Waals surface area contributed by atoms with E-state index in [4.69, 9.17) is 0 Å². The lowest BCUT2D eigenvalue weighted by Crippen LogP contribution is -2.46. The smallest absolute Gasteiger partial charge is 0.226 e. The summed E-state index contributed by atoms with van der Waals surface area (Å²) in [6.45, 7) is 1.70. The van der Waals surface area contributed by atoms with Crippen LogP contribution in [0.4, 0.5) is 0 Å². The minimum atomic E-state index is 0.150. The normalized spacial score (nSPS) is 27.2. The highest BCUT2D eigenvalue weighted by molar-refractivity contribution is 5.83. The van der Waals surface area contributed by atoms with Crippen LogP contribution in [-0.4, -0.2) is 43.0 Å². The maximum absolute atomic E-state index is 13.0. The van der Waals surface area contributed by atoms with Gasteiger partial charge < -0.3 is 4.90 Å². The molecule has 1 amide bonds. The van der Waals surface area contributed by atoms with Gasteiger partial charge in [0, 0.05) is 38.1 Å². The summed E-state index contributed by atoms with van der Waals surface area (Å²) in [6, 6.07) is 2.22. The first-order valence-corrected chi connectivity index (χ1v) is 8.49. The molecule has 2 fully saturated rings. The molecule has 0 bridgehead atoms. The first kappa shape index (κ1) is 14.5. The lowest BCUT2D eigenvalue weighted by Gasteiger charge is -2.36. The number of aromatic nitrogens is 4. The van der Waals surface area contributed by atoms with E-state index in [2.05, 4.69) is 15.1 Å². The van der Waals surface area contributed by atoms with Crippen LogP contribution in [0.1, 0.15) is 37.2 Å². The minimum absolute atomic E-state index is 0.150. The van der Waals surface area contributed by atoms with Crippen molar-refractivity contribution in [3.63, 3.8) is 0 Å². The van der Waals surface area contributed by atoms with Gasteiger partial charge in [0.1, 0.15) is 0 Å². The van der Waals surface area contributed by atoms with Crippen LogP contribution in [0.2, 0.25) is 0 Å². The van der Waals surface area contributed by atoms with E-state index in [-0.39, 0.29) is 12.0 Å². The summed E-state index contributed by atoms with van der Waals surface area (Å²) in [5.74, 6) is 0.844. The summed E-state index contributed by atoms with van der Waals surface area (Å²) in [6.07, 6.45) is 12.1. The van der Waals surface area contributed by atoms with E-state index in [0.717, 1.165) is 32.4 Å². The van der Waals surface area contributed by atoms with Crippen LogP contribution in [0.25, 0.3) is 0 Å². The number of likely N-dealkylation sites (tertiary alicyclic amines) is 1. The zero-order valence-corrected chi connectivity index (χ0v) is 13.5. The average Bonchev–Trinajstić information content (AvgIpc) is 2.96. The van der Waals surface area contributed by atoms with Gasteiger partial charge in [-0.15, -0.1) is 0 Å². The van der Waals surface area contributed by atoms with Crippen molar-refractivity contribution in [1.82, 2.24) is 24.5 Å². The van der Waals surface area contributed by atoms with Crippen LogP contribution in [0, 0.1) is 5.92 Å². The molecule has 3 heterocycles. The van der Waals surface area contributed by atoms with Crippen molar-refractivity contribution in [2.75, 3.05) is 6.54 Å². The van der Waals surface area contributed by atoms with E-state index in [1.165, 1.54) is 12.0 Å². The van der Waals surface area contributed by atoms with Crippen molar-refractivity contribution in [3.05, 3.63) is 36.4 Å². The van der Waals surface area contributed by atoms with Gasteiger partial charge >= 0.3 is 0 Å². The standard InChI is InChI=1S/C17H23N5O/c1-20-11-13(10-19-20)15-9-16(15)17(23)22-8-3-2-5-14(22)12-21-7-4-6-18-21/h4,6-7,10-11,14-16H,2-3,5,8-9,12H2,1H3/t14-,15+,16-/m1/s1. The van der Waals surface area contributed by atoms with E-state index >= 15 is 0 Å². The van der Waals surface area contributed by atoms with Gasteiger partial charge in [0.2, 0.25) is 5.91 Å². The van der Waals surface area contributed by atoms with Crippen LogP contribution < -0.4 is 0 Å². The number of hydrogen-bond acceptors (Lipinski definition) is 3. The number of piperidine rings is 1. The van der Waals surface area contributed by atoms with Gasteiger partial charge in [-0.2, -0.15) is 10.2 Å². The Labute approximate surface area is 136 Å². The molecular formula is C17H23N5O. The quantitative estimate of drug-likeness (QED) is 0.865. The molecule has 3 atom stereocenters. The molecule has 1 saturated heterocycles. The van der Waals surface area contributed by atoms with E-state index < -0.39 is 0 Å². The van der Waals surface area contributed by atoms with Crippen molar-refractivity contribution in [3.8, 4) is 0 Å². The first-order chi connectivity index (χ1) is 11.2. The van der Waals surface area contributed by atoms with Gasteiger partial charge in [-0.3, -0.25) is 14.2 Å². The van der Waals surface area contributed by atoms with Crippen LogP contribution in [0.15, 0.2) is 30.9 Å². The number of hydrogen-bond donors (Lipinski definition) is 0. The molecule has 2 aromatic rings. The predicted octanol–water partition coefficient (Wildman–Crippen LogP) is 1.80. The minimum Gasteiger partial charge on any atom is -0.338 e. The second-order valence-corrected chi connectivity index (χ2v) is 6.81. The topological polar surface area (TPSA) is 56.0 Å². The van der Waals surface area contributed by atoms with Crippen LogP contribution in [0.3, 0.4) is 0 Å². The second kappa shape index (κ2) is 5.83. The molecule has 122 valence electrons. The second-order valence-electron chi connectivity index (χ2n) is 6.81. The molecule has 2 aromatic heterocycles. The third-order valence-electron chi connectivity index (χ3n) is 5.13. The van der Waals surface area contributed by atoms with E-state index in [1.807, 2.05) is 41.1 Å². The highest BCUT2D eigenvalue weighted by Crippen LogP contribution is 2.48. The van der Waals surface area contributed by atoms with Crippen molar-refractivity contribution in [2.24, 2.45) is 13.0 Å². The molecular weight excluding hydrogens is 290 g/mol. The summed E-state index contributed by atoms with van der Waals surface area (Å²) in [7, 11) is 1.92. The monoisotopic (exact) mass is 313 g/mol. The Morgan fingerprint density at radius 3 is 3.00 bits per heavy atom. The van der Waals surface area contributed by atoms with Gasteiger partial charge in [0.05, 0.1) is 18.8 Å². The Bertz CT molecular complexity index is 677. The molecule has 0 aromatic carbocycles. The van der Waals surface area contributed by atoms with Gasteiger partial charge in [0.15, 0.2) is 0 Å². The molecule has 0 spiro atoms. The molecule has 1 aliphatic heterocycles. The van der Waals surface area contributed by atoms with Crippen molar-refractivity contribution >= 4 is 5.91 Å². The van der Waals surface area contributed by atoms with Gasteiger partial charge in [-0.25, -0.2) is 0 Å². The highest BCUT2D eigenvalue weighted by atomic mass is 16.2. The summed E-state index contributed by atoms with van der Waals surface area (Å²) in [4.78, 5) is 15.1. The summed E-state index contributed by atoms with van der Waals surface area (Å²) >= 11 is 0. The molecule has 4 rings (SSSR count). The third kappa shape index (κ3) is 2.90. The first-order valence-electron chi connectivity index (χ1n) is 8.49. The molecule has 0 unspecified atom stereocenters. The number of rotatable bonds is 4. The van der Waals surface area contributed by atoms with E-state index in [0.29, 0.717) is 11.8 Å². The van der Waals surface area contributed by atoms with Crippen molar-refractivity contribution in [2.45, 2.75) is 44.2 Å². The molecule has 0 radical (unpaired) electrons. The summed E-state index contributed by atoms with van der Waals surface area (Å²) in [5.41, 5.74) is 1.20. The largest absolute Gasteiger partial charge is 0.338 e. The Morgan fingerprint density at radius 1 is 1.35 bits per heavy atom. The van der Waals surface area contributed by atoms with Crippen molar-refractivity contribution < 1.29 is 4.79 Å². The van der Waals surface area contributed by atoms with Gasteiger partial charge in [-0.05, 0) is 43.2 Å². The molecule has 1 aliphatic carbocycles. The van der Waals surface area contributed by atoms with Gasteiger partial charge in [-0.1, -0.05) is 0 Å². The van der Waals surface area contributed by atoms with Crippen LogP contribution in [0.5, 0.6) is 0 Å². The molecule has 23 heavy (non-hydrogen) atoms. The molecule has 6 nitrogen and oxygen atoms in total. The predicted molar refractivity (Wildman–Crippen MR) is 85.6 cm³/mol. The Kier molecular flexibility index (Phi) is 3.67. The lowest BCUT2D eigenvalue weighted by atomic mass is 10.0. The maximum Gasteiger partial charge on any atom is 0.226 e. The molecule has 2 aliphatic rings.